The van der Waals surface area contributed by atoms with Crippen LogP contribution in [0.15, 0.2) is 24.3 Å². The molecule has 84 valence electrons. The van der Waals surface area contributed by atoms with Crippen LogP contribution in [-0.2, 0) is 14.3 Å². The Kier molecular flexibility index (Phi) is 2.97. The van der Waals surface area contributed by atoms with Gasteiger partial charge in [0.15, 0.2) is 0 Å². The number of carbonyl (C=O) groups is 2. The quantitative estimate of drug-likeness (QED) is 0.744. The van der Waals surface area contributed by atoms with Crippen molar-refractivity contribution in [1.29, 1.82) is 0 Å². The summed E-state index contributed by atoms with van der Waals surface area (Å²) in [4.78, 5) is 22.6. The fourth-order valence-electron chi connectivity index (χ4n) is 1.90. The highest BCUT2D eigenvalue weighted by Gasteiger charge is 2.39. The summed E-state index contributed by atoms with van der Waals surface area (Å²) >= 11 is 6.02. The van der Waals surface area contributed by atoms with E-state index in [2.05, 4.69) is 0 Å². The van der Waals surface area contributed by atoms with Gasteiger partial charge in [-0.15, -0.1) is 0 Å². The SMILES string of the molecule is CC(=O)[C@H]1CC(=O)O[C@@H]1c1ccccc1Cl. The first-order valence-corrected chi connectivity index (χ1v) is 5.41. The number of rotatable bonds is 2. The van der Waals surface area contributed by atoms with Gasteiger partial charge in [0, 0.05) is 10.6 Å². The molecule has 0 aliphatic carbocycles. The summed E-state index contributed by atoms with van der Waals surface area (Å²) in [6.45, 7) is 1.47. The molecule has 16 heavy (non-hydrogen) atoms. The van der Waals surface area contributed by atoms with Crippen molar-refractivity contribution in [1.82, 2.24) is 0 Å². The van der Waals surface area contributed by atoms with Gasteiger partial charge < -0.3 is 4.74 Å². The van der Waals surface area contributed by atoms with E-state index in [1.54, 1.807) is 18.2 Å². The van der Waals surface area contributed by atoms with Crippen LogP contribution < -0.4 is 0 Å². The normalized spacial score (nSPS) is 24.2. The maximum absolute atomic E-state index is 11.4. The second-order valence-corrected chi connectivity index (χ2v) is 4.26. The Labute approximate surface area is 98.4 Å². The molecule has 2 atom stereocenters. The molecule has 0 radical (unpaired) electrons. The van der Waals surface area contributed by atoms with Crippen molar-refractivity contribution in [3.05, 3.63) is 34.9 Å². The van der Waals surface area contributed by atoms with Gasteiger partial charge in [0.2, 0.25) is 0 Å². The van der Waals surface area contributed by atoms with E-state index in [1.165, 1.54) is 6.92 Å². The fourth-order valence-corrected chi connectivity index (χ4v) is 2.14. The Morgan fingerprint density at radius 1 is 1.44 bits per heavy atom. The lowest BCUT2D eigenvalue weighted by Gasteiger charge is -2.16. The molecule has 0 spiro atoms. The third-order valence-corrected chi connectivity index (χ3v) is 3.09. The largest absolute Gasteiger partial charge is 0.457 e. The summed E-state index contributed by atoms with van der Waals surface area (Å²) < 4.78 is 5.16. The van der Waals surface area contributed by atoms with Crippen molar-refractivity contribution in [3.63, 3.8) is 0 Å². The number of hydrogen-bond donors (Lipinski definition) is 0. The van der Waals surface area contributed by atoms with Crippen LogP contribution in [0.3, 0.4) is 0 Å². The molecule has 1 fully saturated rings. The van der Waals surface area contributed by atoms with Crippen LogP contribution in [0.1, 0.15) is 25.0 Å². The molecule has 1 aromatic rings. The summed E-state index contributed by atoms with van der Waals surface area (Å²) in [6, 6.07) is 7.11. The highest BCUT2D eigenvalue weighted by molar-refractivity contribution is 6.31. The topological polar surface area (TPSA) is 43.4 Å². The van der Waals surface area contributed by atoms with E-state index in [0.717, 1.165) is 0 Å². The van der Waals surface area contributed by atoms with E-state index in [1.807, 2.05) is 6.07 Å². The smallest absolute Gasteiger partial charge is 0.307 e. The predicted octanol–water partition coefficient (Wildman–Crippen LogP) is 2.53. The molecule has 0 aromatic heterocycles. The molecule has 1 aliphatic rings. The Morgan fingerprint density at radius 3 is 2.75 bits per heavy atom. The molecule has 0 unspecified atom stereocenters. The molecule has 4 heteroatoms. The predicted molar refractivity (Wildman–Crippen MR) is 59.1 cm³/mol. The summed E-state index contributed by atoms with van der Waals surface area (Å²) in [6.07, 6.45) is -0.385. The van der Waals surface area contributed by atoms with Crippen LogP contribution in [0, 0.1) is 5.92 Å². The lowest BCUT2D eigenvalue weighted by Crippen LogP contribution is -2.15. The monoisotopic (exact) mass is 238 g/mol. The lowest BCUT2D eigenvalue weighted by molar-refractivity contribution is -0.141. The highest BCUT2D eigenvalue weighted by Crippen LogP contribution is 2.38. The Morgan fingerprint density at radius 2 is 2.12 bits per heavy atom. The first-order valence-electron chi connectivity index (χ1n) is 5.04. The first kappa shape index (κ1) is 11.1. The maximum Gasteiger partial charge on any atom is 0.307 e. The van der Waals surface area contributed by atoms with Gasteiger partial charge in [-0.25, -0.2) is 0 Å². The zero-order valence-corrected chi connectivity index (χ0v) is 9.53. The molecular weight excluding hydrogens is 228 g/mol. The Hall–Kier alpha value is -1.35. The van der Waals surface area contributed by atoms with E-state index in [9.17, 15) is 9.59 Å². The molecule has 2 rings (SSSR count). The number of halogens is 1. The molecule has 0 bridgehead atoms. The average Bonchev–Trinajstić information content (AvgIpc) is 2.61. The van der Waals surface area contributed by atoms with Crippen molar-refractivity contribution in [3.8, 4) is 0 Å². The second-order valence-electron chi connectivity index (χ2n) is 3.85. The molecule has 3 nitrogen and oxygen atoms in total. The molecule has 0 amide bonds. The Balaban J connectivity index is 2.36. The van der Waals surface area contributed by atoms with E-state index < -0.39 is 12.0 Å². The van der Waals surface area contributed by atoms with Crippen LogP contribution in [-0.4, -0.2) is 11.8 Å². The van der Waals surface area contributed by atoms with Crippen molar-refractivity contribution in [2.75, 3.05) is 0 Å². The summed E-state index contributed by atoms with van der Waals surface area (Å²) in [5, 5.41) is 0.522. The van der Waals surface area contributed by atoms with Gasteiger partial charge in [0.05, 0.1) is 12.3 Å². The van der Waals surface area contributed by atoms with Gasteiger partial charge in [-0.05, 0) is 13.0 Å². The summed E-state index contributed by atoms with van der Waals surface area (Å²) in [5.41, 5.74) is 0.704. The average molecular weight is 239 g/mol. The third-order valence-electron chi connectivity index (χ3n) is 2.74. The van der Waals surface area contributed by atoms with Gasteiger partial charge in [-0.3, -0.25) is 9.59 Å². The summed E-state index contributed by atoms with van der Waals surface area (Å²) in [5.74, 6) is -0.798. The van der Waals surface area contributed by atoms with Crippen LogP contribution >= 0.6 is 11.6 Å². The molecule has 1 saturated heterocycles. The zero-order valence-electron chi connectivity index (χ0n) is 8.77. The van der Waals surface area contributed by atoms with Gasteiger partial charge >= 0.3 is 5.97 Å². The number of ether oxygens (including phenoxy) is 1. The maximum atomic E-state index is 11.4. The number of carbonyl (C=O) groups excluding carboxylic acids is 2. The third kappa shape index (κ3) is 1.95. The minimum absolute atomic E-state index is 0.0456. The molecule has 1 heterocycles. The number of ketones is 1. The van der Waals surface area contributed by atoms with Gasteiger partial charge in [-0.1, -0.05) is 29.8 Å². The molecule has 1 aromatic carbocycles. The summed E-state index contributed by atoms with van der Waals surface area (Å²) in [7, 11) is 0. The minimum atomic E-state index is -0.529. The van der Waals surface area contributed by atoms with Gasteiger partial charge in [0.1, 0.15) is 11.9 Å². The van der Waals surface area contributed by atoms with Crippen LogP contribution in [0.4, 0.5) is 0 Å². The van der Waals surface area contributed by atoms with E-state index in [0.29, 0.717) is 10.6 Å². The molecule has 1 aliphatic heterocycles. The number of cyclic esters (lactones) is 1. The van der Waals surface area contributed by atoms with E-state index in [-0.39, 0.29) is 18.2 Å². The van der Waals surface area contributed by atoms with Crippen molar-refractivity contribution in [2.45, 2.75) is 19.4 Å². The van der Waals surface area contributed by atoms with Crippen molar-refractivity contribution < 1.29 is 14.3 Å². The van der Waals surface area contributed by atoms with E-state index in [4.69, 9.17) is 16.3 Å². The molecular formula is C12H11ClO3. The zero-order chi connectivity index (χ0) is 11.7. The number of benzene rings is 1. The minimum Gasteiger partial charge on any atom is -0.457 e. The Bertz CT molecular complexity index is 442. The molecule has 0 saturated carbocycles. The number of hydrogen-bond acceptors (Lipinski definition) is 3. The van der Waals surface area contributed by atoms with Crippen LogP contribution in [0.5, 0.6) is 0 Å². The van der Waals surface area contributed by atoms with Gasteiger partial charge in [-0.2, -0.15) is 0 Å². The first-order chi connectivity index (χ1) is 7.59. The second kappa shape index (κ2) is 4.26. The van der Waals surface area contributed by atoms with Crippen LogP contribution in [0.25, 0.3) is 0 Å². The number of Topliss-reactive ketones (excluding diaryl/α,β-unsaturated/α-hetero) is 1. The van der Waals surface area contributed by atoms with Gasteiger partial charge in [0.25, 0.3) is 0 Å². The van der Waals surface area contributed by atoms with E-state index >= 15 is 0 Å². The van der Waals surface area contributed by atoms with Crippen LogP contribution in [0.2, 0.25) is 5.02 Å². The standard InChI is InChI=1S/C12H11ClO3/c1-7(14)9-6-11(15)16-12(9)8-4-2-3-5-10(8)13/h2-5,9,12H,6H2,1H3/t9-,12-/m1/s1. The van der Waals surface area contributed by atoms with Crippen molar-refractivity contribution >= 4 is 23.4 Å². The highest BCUT2D eigenvalue weighted by atomic mass is 35.5. The molecule has 0 N–H and O–H groups in total. The van der Waals surface area contributed by atoms with Crippen molar-refractivity contribution in [2.24, 2.45) is 5.92 Å². The number of esters is 1. The lowest BCUT2D eigenvalue weighted by atomic mass is 9.92. The fraction of sp³-hybridized carbons (Fsp3) is 0.333.